The maximum absolute atomic E-state index is 12.3. The summed E-state index contributed by atoms with van der Waals surface area (Å²) in [5, 5.41) is 5.02. The highest BCUT2D eigenvalue weighted by atomic mass is 16.5. The molecule has 0 saturated heterocycles. The number of benzene rings is 2. The topological polar surface area (TPSA) is 84.1 Å². The molecule has 0 unspecified atom stereocenters. The third-order valence-corrected chi connectivity index (χ3v) is 4.24. The van der Waals surface area contributed by atoms with Gasteiger partial charge in [-0.25, -0.2) is 4.98 Å². The number of amides is 1. The lowest BCUT2D eigenvalue weighted by molar-refractivity contribution is 0.0947. The fourth-order valence-corrected chi connectivity index (χ4v) is 2.71. The molecular weight excluding hydrogens is 342 g/mol. The van der Waals surface area contributed by atoms with Gasteiger partial charge in [-0.05, 0) is 28.8 Å². The number of fused-ring (bicyclic) bond motifs is 1. The maximum atomic E-state index is 12.3. The minimum Gasteiger partial charge on any atom is -0.374 e. The summed E-state index contributed by atoms with van der Waals surface area (Å²) in [5.41, 5.74) is 0.496. The Bertz CT molecular complexity index is 982. The molecule has 0 spiro atoms. The van der Waals surface area contributed by atoms with Gasteiger partial charge in [-0.15, -0.1) is 0 Å². The zero-order chi connectivity index (χ0) is 19.1. The molecule has 0 atom stereocenters. The van der Waals surface area contributed by atoms with Gasteiger partial charge in [0.1, 0.15) is 18.0 Å². The van der Waals surface area contributed by atoms with Crippen LogP contribution in [0.15, 0.2) is 53.5 Å². The quantitative estimate of drug-likeness (QED) is 0.601. The Morgan fingerprint density at radius 1 is 1.19 bits per heavy atom. The van der Waals surface area contributed by atoms with Crippen molar-refractivity contribution in [2.24, 2.45) is 0 Å². The third kappa shape index (κ3) is 5.01. The van der Waals surface area contributed by atoms with Crippen molar-refractivity contribution in [3.63, 3.8) is 0 Å². The Balaban J connectivity index is 1.60. The molecule has 0 saturated carbocycles. The first-order valence-electron chi connectivity index (χ1n) is 9.09. The number of aromatic amines is 1. The zero-order valence-corrected chi connectivity index (χ0v) is 15.3. The average molecular weight is 365 g/mol. The minimum atomic E-state index is -0.463. The number of carbonyl (C=O) groups is 1. The number of nitrogens with one attached hydrogen (secondary N) is 2. The van der Waals surface area contributed by atoms with Gasteiger partial charge >= 0.3 is 0 Å². The summed E-state index contributed by atoms with van der Waals surface area (Å²) in [4.78, 5) is 31.2. The van der Waals surface area contributed by atoms with Crippen molar-refractivity contribution in [1.29, 1.82) is 0 Å². The molecule has 27 heavy (non-hydrogen) atoms. The van der Waals surface area contributed by atoms with Gasteiger partial charge in [0.25, 0.3) is 11.5 Å². The molecule has 140 valence electrons. The molecule has 1 amide bonds. The van der Waals surface area contributed by atoms with Crippen molar-refractivity contribution >= 4 is 16.7 Å². The first-order chi connectivity index (χ1) is 13.2. The molecule has 6 nitrogen and oxygen atoms in total. The van der Waals surface area contributed by atoms with Gasteiger partial charge in [-0.3, -0.25) is 9.59 Å². The second kappa shape index (κ2) is 9.09. The molecule has 0 aliphatic heterocycles. The van der Waals surface area contributed by atoms with Crippen LogP contribution in [0.1, 0.15) is 41.5 Å². The van der Waals surface area contributed by atoms with E-state index in [0.717, 1.165) is 29.2 Å². The normalized spacial score (nSPS) is 10.9. The molecule has 3 aromatic rings. The predicted molar refractivity (Wildman–Crippen MR) is 105 cm³/mol. The van der Waals surface area contributed by atoms with Crippen LogP contribution in [0.2, 0.25) is 0 Å². The molecule has 0 aliphatic carbocycles. The highest BCUT2D eigenvalue weighted by Gasteiger charge is 2.12. The summed E-state index contributed by atoms with van der Waals surface area (Å²) in [6.45, 7) is 3.27. The van der Waals surface area contributed by atoms with Gasteiger partial charge < -0.3 is 15.0 Å². The monoisotopic (exact) mass is 365 g/mol. The summed E-state index contributed by atoms with van der Waals surface area (Å²) in [7, 11) is 0. The van der Waals surface area contributed by atoms with E-state index >= 15 is 0 Å². The average Bonchev–Trinajstić information content (AvgIpc) is 2.69. The van der Waals surface area contributed by atoms with Crippen LogP contribution in [-0.2, 0) is 17.9 Å². The fraction of sp³-hybridized carbons (Fsp3) is 0.286. The van der Waals surface area contributed by atoms with Crippen molar-refractivity contribution in [3.8, 4) is 0 Å². The number of carbonyl (C=O) groups excluding carboxylic acids is 1. The molecule has 1 heterocycles. The highest BCUT2D eigenvalue weighted by molar-refractivity contribution is 5.93. The first-order valence-corrected chi connectivity index (χ1v) is 9.09. The van der Waals surface area contributed by atoms with Crippen molar-refractivity contribution in [2.75, 3.05) is 6.61 Å². The summed E-state index contributed by atoms with van der Waals surface area (Å²) in [5.74, 6) is -0.0301. The Hall–Kier alpha value is -2.99. The number of rotatable bonds is 8. The Morgan fingerprint density at radius 2 is 2.00 bits per heavy atom. The standard InChI is InChI=1S/C21H23N3O3/c1-2-3-10-27-14-19-22-13-18(21(26)24-19)20(25)23-12-15-8-9-16-6-4-5-7-17(16)11-15/h4-9,11,13H,2-3,10,12,14H2,1H3,(H,23,25)(H,22,24,26). The molecule has 3 rings (SSSR count). The van der Waals surface area contributed by atoms with E-state index in [2.05, 4.69) is 22.2 Å². The van der Waals surface area contributed by atoms with Crippen molar-refractivity contribution < 1.29 is 9.53 Å². The zero-order valence-electron chi connectivity index (χ0n) is 15.3. The summed E-state index contributed by atoms with van der Waals surface area (Å²) in [6, 6.07) is 14.0. The molecule has 6 heteroatoms. The lowest BCUT2D eigenvalue weighted by Gasteiger charge is -2.07. The number of hydrogen-bond donors (Lipinski definition) is 2. The summed E-state index contributed by atoms with van der Waals surface area (Å²) >= 11 is 0. The van der Waals surface area contributed by atoms with Gasteiger partial charge in [0.05, 0.1) is 0 Å². The van der Waals surface area contributed by atoms with Gasteiger partial charge in [-0.2, -0.15) is 0 Å². The minimum absolute atomic E-state index is 0.00639. The van der Waals surface area contributed by atoms with Crippen molar-refractivity contribution in [1.82, 2.24) is 15.3 Å². The van der Waals surface area contributed by atoms with Crippen LogP contribution in [0, 0.1) is 0 Å². The fourth-order valence-electron chi connectivity index (χ4n) is 2.71. The lowest BCUT2D eigenvalue weighted by Crippen LogP contribution is -2.30. The second-order valence-corrected chi connectivity index (χ2v) is 6.34. The molecule has 2 aromatic carbocycles. The second-order valence-electron chi connectivity index (χ2n) is 6.34. The molecule has 2 N–H and O–H groups in total. The van der Waals surface area contributed by atoms with Gasteiger partial charge in [-0.1, -0.05) is 49.7 Å². The van der Waals surface area contributed by atoms with E-state index in [0.29, 0.717) is 19.0 Å². The van der Waals surface area contributed by atoms with Gasteiger partial charge in [0.15, 0.2) is 0 Å². The molecule has 0 aliphatic rings. The van der Waals surface area contributed by atoms with Gasteiger partial charge in [0.2, 0.25) is 0 Å². The number of H-pyrrole nitrogens is 1. The summed E-state index contributed by atoms with van der Waals surface area (Å²) in [6.07, 6.45) is 3.30. The van der Waals surface area contributed by atoms with Crippen LogP contribution in [0.25, 0.3) is 10.8 Å². The van der Waals surface area contributed by atoms with Crippen LogP contribution < -0.4 is 10.9 Å². The van der Waals surface area contributed by atoms with Crippen LogP contribution in [0.5, 0.6) is 0 Å². The smallest absolute Gasteiger partial charge is 0.263 e. The number of hydrogen-bond acceptors (Lipinski definition) is 4. The van der Waals surface area contributed by atoms with E-state index in [1.165, 1.54) is 6.20 Å². The molecule has 0 fully saturated rings. The van der Waals surface area contributed by atoms with Crippen LogP contribution in [0.3, 0.4) is 0 Å². The van der Waals surface area contributed by atoms with E-state index in [4.69, 9.17) is 4.74 Å². The third-order valence-electron chi connectivity index (χ3n) is 4.24. The number of ether oxygens (including phenoxy) is 1. The first kappa shape index (κ1) is 18.8. The number of unbranched alkanes of at least 4 members (excludes halogenated alkanes) is 1. The Kier molecular flexibility index (Phi) is 6.33. The van der Waals surface area contributed by atoms with Crippen LogP contribution in [0.4, 0.5) is 0 Å². The number of nitrogens with zero attached hydrogens (tertiary/aromatic N) is 1. The summed E-state index contributed by atoms with van der Waals surface area (Å²) < 4.78 is 5.42. The predicted octanol–water partition coefficient (Wildman–Crippen LogP) is 3.17. The Morgan fingerprint density at radius 3 is 2.78 bits per heavy atom. The largest absolute Gasteiger partial charge is 0.374 e. The van der Waals surface area contributed by atoms with E-state index < -0.39 is 11.5 Å². The van der Waals surface area contributed by atoms with Crippen molar-refractivity contribution in [2.45, 2.75) is 32.9 Å². The van der Waals surface area contributed by atoms with E-state index in [-0.39, 0.29) is 12.2 Å². The van der Waals surface area contributed by atoms with E-state index in [1.54, 1.807) is 0 Å². The molecule has 0 bridgehead atoms. The Labute approximate surface area is 157 Å². The van der Waals surface area contributed by atoms with Gasteiger partial charge in [0, 0.05) is 19.3 Å². The van der Waals surface area contributed by atoms with E-state index in [9.17, 15) is 9.59 Å². The SMILES string of the molecule is CCCCOCc1ncc(C(=O)NCc2ccc3ccccc3c2)c(=O)[nH]1. The lowest BCUT2D eigenvalue weighted by atomic mass is 10.1. The molecule has 1 aromatic heterocycles. The van der Waals surface area contributed by atoms with Crippen LogP contribution >= 0.6 is 0 Å². The highest BCUT2D eigenvalue weighted by Crippen LogP contribution is 2.15. The maximum Gasteiger partial charge on any atom is 0.263 e. The van der Waals surface area contributed by atoms with E-state index in [1.807, 2.05) is 42.5 Å². The number of aromatic nitrogens is 2. The molecule has 0 radical (unpaired) electrons. The van der Waals surface area contributed by atoms with Crippen molar-refractivity contribution in [3.05, 3.63) is 76.0 Å². The van der Waals surface area contributed by atoms with Crippen LogP contribution in [-0.4, -0.2) is 22.5 Å². The molecular formula is C21H23N3O3.